The highest BCUT2D eigenvalue weighted by molar-refractivity contribution is 6.31. The summed E-state index contributed by atoms with van der Waals surface area (Å²) in [6.45, 7) is 0.434. The Morgan fingerprint density at radius 1 is 1.28 bits per heavy atom. The minimum atomic E-state index is -0.323. The second kappa shape index (κ2) is 5.59. The monoisotopic (exact) mass is 360 g/mol. The second-order valence-corrected chi connectivity index (χ2v) is 7.33. The molecule has 2 amide bonds. The van der Waals surface area contributed by atoms with E-state index in [1.807, 2.05) is 0 Å². The van der Waals surface area contributed by atoms with Gasteiger partial charge in [-0.3, -0.25) is 14.4 Å². The lowest BCUT2D eigenvalue weighted by Crippen LogP contribution is -2.50. The Morgan fingerprint density at radius 2 is 2.04 bits per heavy atom. The van der Waals surface area contributed by atoms with Crippen LogP contribution in [0.15, 0.2) is 33.5 Å². The summed E-state index contributed by atoms with van der Waals surface area (Å²) >= 11 is 5.95. The van der Waals surface area contributed by atoms with Crippen molar-refractivity contribution < 1.29 is 14.0 Å². The van der Waals surface area contributed by atoms with E-state index in [0.717, 1.165) is 12.8 Å². The van der Waals surface area contributed by atoms with E-state index in [2.05, 4.69) is 0 Å². The third-order valence-corrected chi connectivity index (χ3v) is 5.51. The maximum atomic E-state index is 13.0. The predicted molar refractivity (Wildman–Crippen MR) is 92.4 cm³/mol. The predicted octanol–water partition coefficient (Wildman–Crippen LogP) is 2.32. The fourth-order valence-electron chi connectivity index (χ4n) is 3.74. The number of nitrogens with zero attached hydrogens (tertiary/aromatic N) is 1. The maximum Gasteiger partial charge on any atom is 0.290 e. The molecule has 0 bridgehead atoms. The first-order valence-corrected chi connectivity index (χ1v) is 8.62. The van der Waals surface area contributed by atoms with Gasteiger partial charge in [0.1, 0.15) is 5.58 Å². The number of carbonyl (C=O) groups is 2. The molecule has 1 aromatic carbocycles. The van der Waals surface area contributed by atoms with Crippen LogP contribution in [0.4, 0.5) is 0 Å². The molecule has 1 saturated heterocycles. The van der Waals surface area contributed by atoms with E-state index in [-0.39, 0.29) is 34.5 Å². The van der Waals surface area contributed by atoms with Gasteiger partial charge in [0, 0.05) is 35.2 Å². The van der Waals surface area contributed by atoms with Gasteiger partial charge in [0.05, 0.1) is 5.39 Å². The van der Waals surface area contributed by atoms with Gasteiger partial charge in [0.25, 0.3) is 5.91 Å². The van der Waals surface area contributed by atoms with Crippen LogP contribution in [-0.4, -0.2) is 28.8 Å². The number of hydrogen-bond acceptors (Lipinski definition) is 4. The van der Waals surface area contributed by atoms with Crippen molar-refractivity contribution in [2.24, 2.45) is 11.7 Å². The molecule has 2 fully saturated rings. The summed E-state index contributed by atoms with van der Waals surface area (Å²) in [4.78, 5) is 38.5. The number of rotatable bonds is 2. The summed E-state index contributed by atoms with van der Waals surface area (Å²) in [5.41, 5.74) is 5.12. The molecule has 1 aliphatic carbocycles. The Balaban J connectivity index is 1.69. The number of likely N-dealkylation sites (tertiary alicyclic amines) is 1. The van der Waals surface area contributed by atoms with Crippen LogP contribution in [0, 0.1) is 5.92 Å². The molecule has 2 aliphatic rings. The minimum Gasteiger partial charge on any atom is -0.451 e. The van der Waals surface area contributed by atoms with Crippen molar-refractivity contribution in [3.8, 4) is 0 Å². The number of benzene rings is 1. The Hall–Kier alpha value is -2.34. The number of halogens is 1. The van der Waals surface area contributed by atoms with Gasteiger partial charge in [-0.1, -0.05) is 11.6 Å². The largest absolute Gasteiger partial charge is 0.451 e. The molecule has 1 atom stereocenters. The van der Waals surface area contributed by atoms with Gasteiger partial charge in [-0.25, -0.2) is 0 Å². The van der Waals surface area contributed by atoms with Crippen molar-refractivity contribution in [3.63, 3.8) is 0 Å². The number of nitrogens with two attached hydrogens (primary N) is 1. The summed E-state index contributed by atoms with van der Waals surface area (Å²) in [5, 5.41) is 0.815. The molecule has 130 valence electrons. The number of primary amides is 1. The lowest BCUT2D eigenvalue weighted by atomic mass is 9.88. The highest BCUT2D eigenvalue weighted by Gasteiger charge is 2.54. The van der Waals surface area contributed by atoms with E-state index in [9.17, 15) is 14.4 Å². The van der Waals surface area contributed by atoms with Crippen molar-refractivity contribution >= 4 is 34.4 Å². The van der Waals surface area contributed by atoms with Crippen molar-refractivity contribution in [2.45, 2.75) is 31.2 Å². The van der Waals surface area contributed by atoms with Crippen molar-refractivity contribution in [1.82, 2.24) is 4.90 Å². The average molecular weight is 361 g/mol. The number of carbonyl (C=O) groups excluding carboxylic acids is 2. The topological polar surface area (TPSA) is 93.6 Å². The van der Waals surface area contributed by atoms with Crippen LogP contribution in [-0.2, 0) is 4.79 Å². The normalized spacial score (nSPS) is 21.5. The average Bonchev–Trinajstić information content (AvgIpc) is 3.33. The summed E-state index contributed by atoms with van der Waals surface area (Å²) in [5.74, 6) is -0.831. The summed E-state index contributed by atoms with van der Waals surface area (Å²) in [6, 6.07) is 5.95. The SMILES string of the molecule is NC(=O)C1CCN(C(=O)c2cc(=O)c3ccc(Cl)cc3o2)C2(CC2)C1. The lowest BCUT2D eigenvalue weighted by molar-refractivity contribution is -0.124. The molecule has 1 unspecified atom stereocenters. The third kappa shape index (κ3) is 2.70. The van der Waals surface area contributed by atoms with E-state index >= 15 is 0 Å². The van der Waals surface area contributed by atoms with Gasteiger partial charge in [0.15, 0.2) is 11.2 Å². The highest BCUT2D eigenvalue weighted by Crippen LogP contribution is 2.50. The van der Waals surface area contributed by atoms with Gasteiger partial charge < -0.3 is 15.1 Å². The molecule has 6 nitrogen and oxygen atoms in total. The second-order valence-electron chi connectivity index (χ2n) is 6.89. The van der Waals surface area contributed by atoms with Crippen LogP contribution in [0.3, 0.4) is 0 Å². The van der Waals surface area contributed by atoms with Crippen LogP contribution < -0.4 is 11.2 Å². The molecule has 2 heterocycles. The molecule has 1 aliphatic heterocycles. The molecule has 1 aromatic heterocycles. The highest BCUT2D eigenvalue weighted by atomic mass is 35.5. The molecule has 0 radical (unpaired) electrons. The van der Waals surface area contributed by atoms with Gasteiger partial charge >= 0.3 is 0 Å². The Labute approximate surface area is 148 Å². The molecule has 2 N–H and O–H groups in total. The fourth-order valence-corrected chi connectivity index (χ4v) is 3.90. The van der Waals surface area contributed by atoms with Gasteiger partial charge in [-0.15, -0.1) is 0 Å². The number of amides is 2. The van der Waals surface area contributed by atoms with Crippen LogP contribution in [0.25, 0.3) is 11.0 Å². The molecular weight excluding hydrogens is 344 g/mol. The number of hydrogen-bond donors (Lipinski definition) is 1. The minimum absolute atomic E-state index is 0.00330. The van der Waals surface area contributed by atoms with E-state index in [0.29, 0.717) is 35.4 Å². The van der Waals surface area contributed by atoms with Crippen LogP contribution in [0.2, 0.25) is 5.02 Å². The fraction of sp³-hybridized carbons (Fsp3) is 0.389. The van der Waals surface area contributed by atoms with Crippen LogP contribution in [0.1, 0.15) is 36.2 Å². The lowest BCUT2D eigenvalue weighted by Gasteiger charge is -2.38. The quantitative estimate of drug-likeness (QED) is 0.889. The maximum absolute atomic E-state index is 13.0. The standard InChI is InChI=1S/C18H17ClN2O4/c19-11-1-2-12-13(22)8-15(25-14(12)7-11)17(24)21-6-3-10(16(20)23)9-18(21)4-5-18/h1-2,7-8,10H,3-6,9H2,(H2,20,23). The molecule has 2 aromatic rings. The molecular formula is C18H17ClN2O4. The first kappa shape index (κ1) is 16.1. The Morgan fingerprint density at radius 3 is 2.72 bits per heavy atom. The molecule has 4 rings (SSSR count). The summed E-state index contributed by atoms with van der Waals surface area (Å²) in [7, 11) is 0. The Bertz CT molecular complexity index is 948. The van der Waals surface area contributed by atoms with E-state index < -0.39 is 0 Å². The van der Waals surface area contributed by atoms with E-state index in [1.165, 1.54) is 12.1 Å². The van der Waals surface area contributed by atoms with Crippen LogP contribution in [0.5, 0.6) is 0 Å². The Kier molecular flexibility index (Phi) is 3.61. The van der Waals surface area contributed by atoms with Gasteiger partial charge in [-0.2, -0.15) is 0 Å². The van der Waals surface area contributed by atoms with Gasteiger partial charge in [0.2, 0.25) is 5.91 Å². The van der Waals surface area contributed by atoms with Crippen molar-refractivity contribution in [3.05, 3.63) is 45.3 Å². The number of fused-ring (bicyclic) bond motifs is 1. The zero-order chi connectivity index (χ0) is 17.8. The zero-order valence-electron chi connectivity index (χ0n) is 13.5. The molecule has 1 saturated carbocycles. The summed E-state index contributed by atoms with van der Waals surface area (Å²) < 4.78 is 5.67. The first-order chi connectivity index (χ1) is 11.9. The zero-order valence-corrected chi connectivity index (χ0v) is 14.2. The van der Waals surface area contributed by atoms with Crippen LogP contribution >= 0.6 is 11.6 Å². The van der Waals surface area contributed by atoms with Crippen molar-refractivity contribution in [1.29, 1.82) is 0 Å². The first-order valence-electron chi connectivity index (χ1n) is 8.24. The third-order valence-electron chi connectivity index (χ3n) is 5.28. The number of piperidine rings is 1. The van der Waals surface area contributed by atoms with Gasteiger partial charge in [-0.05, 0) is 37.8 Å². The molecule has 7 heteroatoms. The molecule has 1 spiro atoms. The molecule has 25 heavy (non-hydrogen) atoms. The summed E-state index contributed by atoms with van der Waals surface area (Å²) in [6.07, 6.45) is 2.79. The van der Waals surface area contributed by atoms with E-state index in [1.54, 1.807) is 17.0 Å². The smallest absolute Gasteiger partial charge is 0.290 e. The van der Waals surface area contributed by atoms with Crippen molar-refractivity contribution in [2.75, 3.05) is 6.54 Å². The van der Waals surface area contributed by atoms with E-state index in [4.69, 9.17) is 21.8 Å².